The Kier molecular flexibility index (Phi) is 12.7. The lowest BCUT2D eigenvalue weighted by Crippen LogP contribution is -2.28. The summed E-state index contributed by atoms with van der Waals surface area (Å²) in [5.74, 6) is -0.156. The fourth-order valence-electron chi connectivity index (χ4n) is 3.32. The number of ketones is 1. The molecule has 30 heavy (non-hydrogen) atoms. The van der Waals surface area contributed by atoms with Gasteiger partial charge in [-0.05, 0) is 44.1 Å². The maximum Gasteiger partial charge on any atom is 0.413 e. The van der Waals surface area contributed by atoms with Gasteiger partial charge >= 0.3 is 6.09 Å². The highest BCUT2D eigenvalue weighted by molar-refractivity contribution is 5.95. The standard InChI is InChI=1S/C24H37NO5/c1-4-5-11-18(2)22(27)15-13-20-14-16-23(28)21(20)12-9-7-6-8-10-17-30-24(29)25-19(3)26/h7,9,13-16,18,20-22,27H,4-6,8,10-12,17H2,1-3H3,(H,25,26,29)/b9-7-,15-13+/t18?,20-,21+,22+/m0/s1. The molecule has 1 aliphatic rings. The van der Waals surface area contributed by atoms with Crippen LogP contribution in [0.15, 0.2) is 36.5 Å². The summed E-state index contributed by atoms with van der Waals surface area (Å²) in [5.41, 5.74) is 0. The summed E-state index contributed by atoms with van der Waals surface area (Å²) in [6, 6.07) is 0. The Hall–Kier alpha value is -2.21. The average Bonchev–Trinajstić information content (AvgIpc) is 3.05. The molecular formula is C24H37NO5. The molecule has 0 saturated heterocycles. The molecular weight excluding hydrogens is 382 g/mol. The Balaban J connectivity index is 2.30. The number of aliphatic hydroxyl groups excluding tert-OH is 1. The molecule has 4 atom stereocenters. The zero-order valence-corrected chi connectivity index (χ0v) is 18.5. The fraction of sp³-hybridized carbons (Fsp3) is 0.625. The summed E-state index contributed by atoms with van der Waals surface area (Å²) in [5, 5.41) is 12.3. The predicted octanol–water partition coefficient (Wildman–Crippen LogP) is 4.49. The molecule has 0 radical (unpaired) electrons. The largest absolute Gasteiger partial charge is 0.449 e. The van der Waals surface area contributed by atoms with Crippen molar-refractivity contribution in [1.82, 2.24) is 5.32 Å². The van der Waals surface area contributed by atoms with E-state index in [1.165, 1.54) is 6.92 Å². The molecule has 168 valence electrons. The first-order valence-corrected chi connectivity index (χ1v) is 11.0. The maximum absolute atomic E-state index is 12.2. The SMILES string of the molecule is CCCCC(C)[C@H](O)/C=C/[C@H]1C=CC(=O)[C@@H]1C/C=C\CCCCOC(=O)NC(C)=O. The van der Waals surface area contributed by atoms with Crippen molar-refractivity contribution < 1.29 is 24.2 Å². The maximum atomic E-state index is 12.2. The van der Waals surface area contributed by atoms with Gasteiger partial charge in [0, 0.05) is 18.8 Å². The van der Waals surface area contributed by atoms with Crippen LogP contribution < -0.4 is 5.32 Å². The fourth-order valence-corrected chi connectivity index (χ4v) is 3.32. The zero-order valence-electron chi connectivity index (χ0n) is 18.5. The molecule has 1 unspecified atom stereocenters. The summed E-state index contributed by atoms with van der Waals surface area (Å²) in [7, 11) is 0. The van der Waals surface area contributed by atoms with E-state index in [-0.39, 0.29) is 30.1 Å². The summed E-state index contributed by atoms with van der Waals surface area (Å²) >= 11 is 0. The number of carbonyl (C=O) groups excluding carboxylic acids is 3. The number of ether oxygens (including phenoxy) is 1. The second kappa shape index (κ2) is 14.7. The second-order valence-corrected chi connectivity index (χ2v) is 7.96. The number of hydrogen-bond donors (Lipinski definition) is 2. The first-order valence-electron chi connectivity index (χ1n) is 11.0. The zero-order chi connectivity index (χ0) is 22.4. The molecule has 0 heterocycles. The minimum absolute atomic E-state index is 0.0309. The van der Waals surface area contributed by atoms with Crippen molar-refractivity contribution in [3.05, 3.63) is 36.5 Å². The van der Waals surface area contributed by atoms with Gasteiger partial charge in [0.15, 0.2) is 5.78 Å². The third kappa shape index (κ3) is 10.5. The number of aliphatic hydroxyl groups is 1. The Labute approximate surface area is 180 Å². The normalized spacial score (nSPS) is 20.7. The van der Waals surface area contributed by atoms with Crippen molar-refractivity contribution in [3.8, 4) is 0 Å². The van der Waals surface area contributed by atoms with Crippen molar-refractivity contribution in [2.45, 2.75) is 71.8 Å². The van der Waals surface area contributed by atoms with Gasteiger partial charge in [-0.3, -0.25) is 14.9 Å². The van der Waals surface area contributed by atoms with Crippen LogP contribution in [0.3, 0.4) is 0 Å². The molecule has 2 amide bonds. The molecule has 1 aliphatic carbocycles. The molecule has 6 heteroatoms. The van der Waals surface area contributed by atoms with Gasteiger partial charge in [0.2, 0.25) is 5.91 Å². The quantitative estimate of drug-likeness (QED) is 0.339. The van der Waals surface area contributed by atoms with Gasteiger partial charge in [-0.1, -0.05) is 57.1 Å². The van der Waals surface area contributed by atoms with Crippen LogP contribution in [-0.4, -0.2) is 35.6 Å². The Bertz CT molecular complexity index is 638. The summed E-state index contributed by atoms with van der Waals surface area (Å²) in [4.78, 5) is 34.0. The number of rotatable bonds is 13. The van der Waals surface area contributed by atoms with Crippen LogP contribution in [0.4, 0.5) is 4.79 Å². The summed E-state index contributed by atoms with van der Waals surface area (Å²) < 4.78 is 4.88. The highest BCUT2D eigenvalue weighted by Gasteiger charge is 2.27. The van der Waals surface area contributed by atoms with Gasteiger partial charge in [0.25, 0.3) is 0 Å². The molecule has 0 bridgehead atoms. The average molecular weight is 420 g/mol. The highest BCUT2D eigenvalue weighted by atomic mass is 16.5. The van der Waals surface area contributed by atoms with E-state index >= 15 is 0 Å². The van der Waals surface area contributed by atoms with Crippen LogP contribution in [0.25, 0.3) is 0 Å². The van der Waals surface area contributed by atoms with Crippen LogP contribution >= 0.6 is 0 Å². The van der Waals surface area contributed by atoms with Crippen molar-refractivity contribution in [2.75, 3.05) is 6.61 Å². The van der Waals surface area contributed by atoms with Gasteiger partial charge in [-0.15, -0.1) is 0 Å². The van der Waals surface area contributed by atoms with Crippen molar-refractivity contribution in [1.29, 1.82) is 0 Å². The van der Waals surface area contributed by atoms with Gasteiger partial charge in [0.05, 0.1) is 12.7 Å². The predicted molar refractivity (Wildman–Crippen MR) is 118 cm³/mol. The third-order valence-corrected chi connectivity index (χ3v) is 5.27. The number of allylic oxidation sites excluding steroid dienone is 5. The number of carbonyl (C=O) groups is 3. The van der Waals surface area contributed by atoms with Crippen molar-refractivity contribution in [3.63, 3.8) is 0 Å². The smallest absolute Gasteiger partial charge is 0.413 e. The van der Waals surface area contributed by atoms with Gasteiger partial charge in [-0.2, -0.15) is 0 Å². The van der Waals surface area contributed by atoms with E-state index in [4.69, 9.17) is 4.74 Å². The Morgan fingerprint density at radius 1 is 1.27 bits per heavy atom. The molecule has 0 aromatic carbocycles. The number of nitrogens with one attached hydrogen (secondary N) is 1. The molecule has 0 saturated carbocycles. The summed E-state index contributed by atoms with van der Waals surface area (Å²) in [6.45, 7) is 5.73. The van der Waals surface area contributed by atoms with Crippen LogP contribution in [0.5, 0.6) is 0 Å². The molecule has 0 aromatic heterocycles. The second-order valence-electron chi connectivity index (χ2n) is 7.96. The molecule has 6 nitrogen and oxygen atoms in total. The van der Waals surface area contributed by atoms with Gasteiger partial charge < -0.3 is 9.84 Å². The first-order chi connectivity index (χ1) is 14.3. The molecule has 0 fully saturated rings. The lowest BCUT2D eigenvalue weighted by atomic mass is 9.89. The monoisotopic (exact) mass is 419 g/mol. The molecule has 0 spiro atoms. The van der Waals surface area contributed by atoms with Gasteiger partial charge in [0.1, 0.15) is 0 Å². The first kappa shape index (κ1) is 25.8. The lowest BCUT2D eigenvalue weighted by molar-refractivity contribution is -0.119. The van der Waals surface area contributed by atoms with E-state index in [2.05, 4.69) is 19.2 Å². The lowest BCUT2D eigenvalue weighted by Gasteiger charge is -2.17. The number of alkyl carbamates (subject to hydrolysis) is 1. The molecule has 0 aliphatic heterocycles. The number of amides is 2. The Morgan fingerprint density at radius 3 is 2.73 bits per heavy atom. The molecule has 1 rings (SSSR count). The number of hydrogen-bond acceptors (Lipinski definition) is 5. The van der Waals surface area contributed by atoms with E-state index in [9.17, 15) is 19.5 Å². The van der Waals surface area contributed by atoms with E-state index in [1.54, 1.807) is 6.08 Å². The Morgan fingerprint density at radius 2 is 2.03 bits per heavy atom. The van der Waals surface area contributed by atoms with Crippen LogP contribution in [0, 0.1) is 17.8 Å². The summed E-state index contributed by atoms with van der Waals surface area (Å²) in [6.07, 6.45) is 16.5. The van der Waals surface area contributed by atoms with E-state index in [0.717, 1.165) is 32.1 Å². The van der Waals surface area contributed by atoms with Crippen LogP contribution in [0.2, 0.25) is 0 Å². The van der Waals surface area contributed by atoms with Crippen molar-refractivity contribution in [2.24, 2.45) is 17.8 Å². The number of imide groups is 1. The van der Waals surface area contributed by atoms with E-state index in [0.29, 0.717) is 12.8 Å². The van der Waals surface area contributed by atoms with Crippen molar-refractivity contribution >= 4 is 17.8 Å². The van der Waals surface area contributed by atoms with Crippen LogP contribution in [0.1, 0.15) is 65.7 Å². The number of unbranched alkanes of at least 4 members (excludes halogenated alkanes) is 3. The third-order valence-electron chi connectivity index (χ3n) is 5.27. The van der Waals surface area contributed by atoms with Crippen LogP contribution in [-0.2, 0) is 14.3 Å². The highest BCUT2D eigenvalue weighted by Crippen LogP contribution is 2.28. The minimum atomic E-state index is -0.714. The molecule has 0 aromatic rings. The molecule has 2 N–H and O–H groups in total. The van der Waals surface area contributed by atoms with Gasteiger partial charge in [-0.25, -0.2) is 4.79 Å². The van der Waals surface area contributed by atoms with E-state index in [1.807, 2.05) is 30.4 Å². The van der Waals surface area contributed by atoms with E-state index < -0.39 is 18.1 Å². The minimum Gasteiger partial charge on any atom is -0.449 e. The topological polar surface area (TPSA) is 92.7 Å².